The summed E-state index contributed by atoms with van der Waals surface area (Å²) in [6.07, 6.45) is 0.162. The maximum absolute atomic E-state index is 13.7. The summed E-state index contributed by atoms with van der Waals surface area (Å²) < 4.78 is 54.0. The number of aliphatic imine (C=N–C) groups is 1. The summed E-state index contributed by atoms with van der Waals surface area (Å²) in [4.78, 5) is 29.6. The largest absolute Gasteiger partial charge is 0.507 e. The van der Waals surface area contributed by atoms with Crippen molar-refractivity contribution in [3.05, 3.63) is 113 Å². The molecule has 0 fully saturated rings. The number of benzene rings is 4. The summed E-state index contributed by atoms with van der Waals surface area (Å²) in [6, 6.07) is 17.7. The van der Waals surface area contributed by atoms with Gasteiger partial charge in [-0.1, -0.05) is 42.5 Å². The summed E-state index contributed by atoms with van der Waals surface area (Å²) in [5.74, 6) is -6.41. The molecule has 210 valence electrons. The topological polar surface area (TPSA) is 105 Å². The number of phenols is 1. The Kier molecular flexibility index (Phi) is 8.81. The first-order valence-electron chi connectivity index (χ1n) is 12.5. The van der Waals surface area contributed by atoms with Crippen LogP contribution in [0.3, 0.4) is 0 Å². The molecule has 0 bridgehead atoms. The Bertz CT molecular complexity index is 1630. The third-order valence-electron chi connectivity index (χ3n) is 6.33. The number of nitrogens with zero attached hydrogens (tertiary/aromatic N) is 1. The van der Waals surface area contributed by atoms with Gasteiger partial charge in [0, 0.05) is 6.54 Å². The number of hydrogen-bond acceptors (Lipinski definition) is 3. The van der Waals surface area contributed by atoms with Gasteiger partial charge < -0.3 is 16.2 Å². The molecule has 0 saturated carbocycles. The van der Waals surface area contributed by atoms with E-state index in [2.05, 4.69) is 10.3 Å². The number of carbonyl (C=O) groups is 2. The number of amides is 2. The second-order valence-electron chi connectivity index (χ2n) is 9.39. The summed E-state index contributed by atoms with van der Waals surface area (Å²) in [7, 11) is 0. The molecule has 0 heterocycles. The third-order valence-corrected chi connectivity index (χ3v) is 6.33. The highest BCUT2D eigenvalue weighted by molar-refractivity contribution is 5.99. The van der Waals surface area contributed by atoms with Crippen molar-refractivity contribution in [3.63, 3.8) is 0 Å². The fraction of sp³-hybridized carbons (Fsp3) is 0.129. The molecule has 41 heavy (non-hydrogen) atoms. The zero-order valence-electron chi connectivity index (χ0n) is 21.8. The molecule has 4 aromatic rings. The number of rotatable bonds is 8. The van der Waals surface area contributed by atoms with Crippen molar-refractivity contribution in [3.8, 4) is 28.0 Å². The summed E-state index contributed by atoms with van der Waals surface area (Å²) in [5.41, 5.74) is 7.94. The number of hydrogen-bond donors (Lipinski definition) is 3. The Morgan fingerprint density at radius 3 is 1.85 bits per heavy atom. The normalized spacial score (nSPS) is 12.2. The minimum Gasteiger partial charge on any atom is -0.507 e. The van der Waals surface area contributed by atoms with Gasteiger partial charge in [0.2, 0.25) is 0 Å². The molecule has 2 amide bonds. The van der Waals surface area contributed by atoms with E-state index in [1.54, 1.807) is 24.3 Å². The highest BCUT2D eigenvalue weighted by Crippen LogP contribution is 2.28. The van der Waals surface area contributed by atoms with Gasteiger partial charge in [0.15, 0.2) is 23.3 Å². The monoisotopic (exact) mass is 563 g/mol. The number of carbonyl (C=O) groups excluding carboxylic acids is 2. The fourth-order valence-corrected chi connectivity index (χ4v) is 4.19. The van der Waals surface area contributed by atoms with Gasteiger partial charge in [-0.15, -0.1) is 0 Å². The molecule has 1 unspecified atom stereocenters. The molecule has 0 spiro atoms. The first kappa shape index (κ1) is 29.0. The zero-order chi connectivity index (χ0) is 29.7. The van der Waals surface area contributed by atoms with E-state index < -0.39 is 41.0 Å². The number of halogens is 4. The van der Waals surface area contributed by atoms with Crippen LogP contribution in [0, 0.1) is 29.2 Å². The van der Waals surface area contributed by atoms with Crippen molar-refractivity contribution in [2.24, 2.45) is 16.6 Å². The number of amidine groups is 1. The van der Waals surface area contributed by atoms with E-state index in [1.807, 2.05) is 0 Å². The fourth-order valence-electron chi connectivity index (χ4n) is 4.19. The van der Waals surface area contributed by atoms with Crippen LogP contribution in [0.25, 0.3) is 22.3 Å². The number of nitrogens with two attached hydrogens (primary N) is 1. The Morgan fingerprint density at radius 2 is 1.29 bits per heavy atom. The standard InChI is InChI=1S/C31H25F4N3O3/c1-17(36)38-30(40)23(12-18-2-4-19(5-3-18)21-6-9-25(32)27(34)14-21)16-37-31(41)24-13-20(8-11-29(24)39)22-7-10-26(33)28(35)15-22/h2-11,13-15,23,39H,12,16H2,1H3,(H,37,41)(H2,36,38,40). The van der Waals surface area contributed by atoms with Gasteiger partial charge in [-0.25, -0.2) is 22.6 Å². The predicted octanol–water partition coefficient (Wildman–Crippen LogP) is 5.78. The minimum atomic E-state index is -1.06. The number of nitrogens with one attached hydrogen (secondary N) is 1. The Labute approximate surface area is 233 Å². The maximum Gasteiger partial charge on any atom is 0.255 e. The van der Waals surface area contributed by atoms with E-state index >= 15 is 0 Å². The van der Waals surface area contributed by atoms with Crippen LogP contribution in [-0.4, -0.2) is 29.3 Å². The molecule has 0 aliphatic heterocycles. The highest BCUT2D eigenvalue weighted by atomic mass is 19.2. The maximum atomic E-state index is 13.7. The second-order valence-corrected chi connectivity index (χ2v) is 9.39. The summed E-state index contributed by atoms with van der Waals surface area (Å²) >= 11 is 0. The molecular formula is C31H25F4N3O3. The second kappa shape index (κ2) is 12.5. The highest BCUT2D eigenvalue weighted by Gasteiger charge is 2.22. The van der Waals surface area contributed by atoms with Gasteiger partial charge >= 0.3 is 0 Å². The van der Waals surface area contributed by atoms with E-state index in [9.17, 15) is 32.3 Å². The Hall–Kier alpha value is -4.99. The van der Waals surface area contributed by atoms with Gasteiger partial charge in [-0.2, -0.15) is 0 Å². The number of phenolic OH excluding ortho intramolecular Hbond substituents is 1. The van der Waals surface area contributed by atoms with Gasteiger partial charge in [0.1, 0.15) is 5.75 Å². The van der Waals surface area contributed by atoms with Crippen LogP contribution >= 0.6 is 0 Å². The van der Waals surface area contributed by atoms with Gasteiger partial charge in [-0.3, -0.25) is 9.59 Å². The van der Waals surface area contributed by atoms with Crippen LogP contribution in [0.4, 0.5) is 17.6 Å². The average molecular weight is 564 g/mol. The van der Waals surface area contributed by atoms with E-state index in [0.29, 0.717) is 27.8 Å². The molecule has 0 aliphatic rings. The van der Waals surface area contributed by atoms with Crippen molar-refractivity contribution in [1.82, 2.24) is 5.32 Å². The summed E-state index contributed by atoms with van der Waals surface area (Å²) in [5, 5.41) is 12.9. The molecule has 4 N–H and O–H groups in total. The van der Waals surface area contributed by atoms with Crippen molar-refractivity contribution in [2.75, 3.05) is 6.54 Å². The Morgan fingerprint density at radius 1 is 0.780 bits per heavy atom. The number of aromatic hydroxyl groups is 1. The summed E-state index contributed by atoms with van der Waals surface area (Å²) in [6.45, 7) is 1.29. The molecule has 0 radical (unpaired) electrons. The zero-order valence-corrected chi connectivity index (χ0v) is 21.8. The molecule has 4 aromatic carbocycles. The lowest BCUT2D eigenvalue weighted by molar-refractivity contribution is -0.121. The molecular weight excluding hydrogens is 538 g/mol. The van der Waals surface area contributed by atoms with Crippen LogP contribution in [0.1, 0.15) is 22.8 Å². The lowest BCUT2D eigenvalue weighted by Crippen LogP contribution is -2.34. The van der Waals surface area contributed by atoms with Gasteiger partial charge in [-0.05, 0) is 77.6 Å². The molecule has 0 saturated heterocycles. The third kappa shape index (κ3) is 7.16. The molecule has 10 heteroatoms. The van der Waals surface area contributed by atoms with Gasteiger partial charge in [0.05, 0.1) is 17.3 Å². The first-order chi connectivity index (χ1) is 19.5. The van der Waals surface area contributed by atoms with E-state index in [1.165, 1.54) is 37.3 Å². The van der Waals surface area contributed by atoms with Crippen molar-refractivity contribution in [1.29, 1.82) is 0 Å². The van der Waals surface area contributed by atoms with Crippen LogP contribution in [0.15, 0.2) is 83.9 Å². The molecule has 6 nitrogen and oxygen atoms in total. The molecule has 1 atom stereocenters. The Balaban J connectivity index is 1.51. The van der Waals surface area contributed by atoms with E-state index in [0.717, 1.165) is 24.3 Å². The molecule has 0 aliphatic carbocycles. The van der Waals surface area contributed by atoms with Crippen LogP contribution < -0.4 is 11.1 Å². The van der Waals surface area contributed by atoms with Crippen LogP contribution in [0.2, 0.25) is 0 Å². The van der Waals surface area contributed by atoms with Crippen LogP contribution in [0.5, 0.6) is 5.75 Å². The lowest BCUT2D eigenvalue weighted by atomic mass is 9.96. The van der Waals surface area contributed by atoms with Crippen molar-refractivity contribution in [2.45, 2.75) is 13.3 Å². The first-order valence-corrected chi connectivity index (χ1v) is 12.5. The van der Waals surface area contributed by atoms with E-state index in [-0.39, 0.29) is 30.1 Å². The smallest absolute Gasteiger partial charge is 0.255 e. The van der Waals surface area contributed by atoms with Gasteiger partial charge in [0.25, 0.3) is 11.8 Å². The predicted molar refractivity (Wildman–Crippen MR) is 147 cm³/mol. The quantitative estimate of drug-likeness (QED) is 0.144. The van der Waals surface area contributed by atoms with Crippen LogP contribution in [-0.2, 0) is 11.2 Å². The van der Waals surface area contributed by atoms with Crippen molar-refractivity contribution < 1.29 is 32.3 Å². The lowest BCUT2D eigenvalue weighted by Gasteiger charge is -2.16. The molecule has 4 rings (SSSR count). The van der Waals surface area contributed by atoms with Crippen molar-refractivity contribution >= 4 is 17.6 Å². The SMILES string of the molecule is CC(N)=NC(=O)C(CNC(=O)c1cc(-c2ccc(F)c(F)c2)ccc1O)Cc1ccc(-c2ccc(F)c(F)c2)cc1. The molecule has 0 aromatic heterocycles. The minimum absolute atomic E-state index is 0.0388. The van der Waals surface area contributed by atoms with E-state index in [4.69, 9.17) is 5.73 Å². The average Bonchev–Trinajstić information content (AvgIpc) is 2.94.